The molecule has 1 aromatic carbocycles. The van der Waals surface area contributed by atoms with E-state index in [4.69, 9.17) is 0 Å². The number of carbonyl (C=O) groups is 2. The topological polar surface area (TPSA) is 168 Å². The quantitative estimate of drug-likeness (QED) is 0.199. The number of nitrogens with zero attached hydrogens (tertiary/aromatic N) is 4. The molecule has 0 fully saturated rings. The van der Waals surface area contributed by atoms with Crippen LogP contribution in [0.2, 0.25) is 0 Å². The number of sulfonamides is 1. The van der Waals surface area contributed by atoms with Gasteiger partial charge in [0.05, 0.1) is 18.8 Å². The van der Waals surface area contributed by atoms with E-state index in [9.17, 15) is 28.2 Å². The lowest BCUT2D eigenvalue weighted by molar-refractivity contribution is -0.149. The zero-order chi connectivity index (χ0) is 25.1. The van der Waals surface area contributed by atoms with Gasteiger partial charge in [-0.3, -0.25) is 19.5 Å². The molecular formula is C21H22N6O6S2. The number of hydrogen-bond acceptors (Lipinski definition) is 8. The van der Waals surface area contributed by atoms with Crippen molar-refractivity contribution in [3.63, 3.8) is 0 Å². The van der Waals surface area contributed by atoms with Gasteiger partial charge < -0.3 is 10.2 Å². The number of rotatable bonds is 12. The molecule has 0 radical (unpaired) electrons. The Morgan fingerprint density at radius 2 is 1.80 bits per heavy atom. The monoisotopic (exact) mass is 518 g/mol. The second-order valence-corrected chi connectivity index (χ2v) is 10.5. The first-order valence-electron chi connectivity index (χ1n) is 10.3. The zero-order valence-electron chi connectivity index (χ0n) is 18.2. The second-order valence-electron chi connectivity index (χ2n) is 7.83. The Morgan fingerprint density at radius 1 is 1.09 bits per heavy atom. The third-order valence-electron chi connectivity index (χ3n) is 5.17. The molecule has 4 aromatic rings. The van der Waals surface area contributed by atoms with Crippen LogP contribution in [0.4, 0.5) is 0 Å². The van der Waals surface area contributed by atoms with Crippen LogP contribution in [0.25, 0.3) is 10.1 Å². The second kappa shape index (κ2) is 9.95. The van der Waals surface area contributed by atoms with Crippen LogP contribution in [0.1, 0.15) is 5.56 Å². The van der Waals surface area contributed by atoms with E-state index < -0.39 is 46.0 Å². The highest BCUT2D eigenvalue weighted by Gasteiger charge is 2.46. The molecule has 4 rings (SSSR count). The summed E-state index contributed by atoms with van der Waals surface area (Å²) in [6.45, 7) is -0.756. The van der Waals surface area contributed by atoms with Crippen molar-refractivity contribution in [3.05, 3.63) is 72.1 Å². The molecule has 14 heteroatoms. The maximum Gasteiger partial charge on any atom is 0.341 e. The Balaban J connectivity index is 1.66. The predicted molar refractivity (Wildman–Crippen MR) is 127 cm³/mol. The van der Waals surface area contributed by atoms with Gasteiger partial charge in [0.2, 0.25) is 15.7 Å². The Kier molecular flexibility index (Phi) is 6.98. The van der Waals surface area contributed by atoms with Crippen LogP contribution in [0.15, 0.2) is 66.6 Å². The Hall–Kier alpha value is -3.59. The van der Waals surface area contributed by atoms with Crippen LogP contribution < -0.4 is 10.0 Å². The van der Waals surface area contributed by atoms with Gasteiger partial charge in [0.15, 0.2) is 0 Å². The van der Waals surface area contributed by atoms with Crippen LogP contribution in [-0.4, -0.2) is 61.8 Å². The summed E-state index contributed by atoms with van der Waals surface area (Å²) >= 11 is 1.52. The van der Waals surface area contributed by atoms with Crippen LogP contribution in [0.3, 0.4) is 0 Å². The van der Waals surface area contributed by atoms with E-state index in [0.717, 1.165) is 10.1 Å². The van der Waals surface area contributed by atoms with Gasteiger partial charge in [-0.2, -0.15) is 14.9 Å². The summed E-state index contributed by atoms with van der Waals surface area (Å²) in [4.78, 5) is 24.5. The van der Waals surface area contributed by atoms with Crippen molar-refractivity contribution in [1.82, 2.24) is 29.6 Å². The molecule has 0 aliphatic heterocycles. The normalized spacial score (nSPS) is 14.5. The van der Waals surface area contributed by atoms with E-state index in [1.807, 2.05) is 11.4 Å². The standard InChI is InChI=1S/C21H22N6O6S2/c28-19(29)17(12-26-8-1-6-22-26)24-21(20(30)31,14-27-9-2-7-23-27)25-35(32,33)13-15-3-4-18-16(11-15)5-10-34-18/h1-11,17,24-25H,12-14H2,(H,28,29)(H,30,31)/t17-,21-/m1/s1. The van der Waals surface area contributed by atoms with Crippen LogP contribution >= 0.6 is 11.3 Å². The predicted octanol–water partition coefficient (Wildman–Crippen LogP) is 0.938. The summed E-state index contributed by atoms with van der Waals surface area (Å²) in [7, 11) is -4.27. The van der Waals surface area contributed by atoms with Crippen molar-refractivity contribution in [2.75, 3.05) is 0 Å². The lowest BCUT2D eigenvalue weighted by atomic mass is 10.1. The number of carboxylic acid groups (broad SMARTS) is 2. The fourth-order valence-corrected chi connectivity index (χ4v) is 5.83. The van der Waals surface area contributed by atoms with Crippen molar-refractivity contribution < 1.29 is 28.2 Å². The first kappa shape index (κ1) is 24.5. The first-order valence-corrected chi connectivity index (χ1v) is 12.9. The highest BCUT2D eigenvalue weighted by molar-refractivity contribution is 7.88. The lowest BCUT2D eigenvalue weighted by Gasteiger charge is -2.33. The molecule has 0 amide bonds. The number of aliphatic carboxylic acids is 2. The van der Waals surface area contributed by atoms with Gasteiger partial charge in [-0.05, 0) is 46.7 Å². The summed E-state index contributed by atoms with van der Waals surface area (Å²) < 4.78 is 32.1. The van der Waals surface area contributed by atoms with E-state index in [2.05, 4.69) is 20.2 Å². The highest BCUT2D eigenvalue weighted by atomic mass is 32.2. The van der Waals surface area contributed by atoms with Crippen LogP contribution in [0.5, 0.6) is 0 Å². The van der Waals surface area contributed by atoms with Gasteiger partial charge in [0.25, 0.3) is 0 Å². The van der Waals surface area contributed by atoms with Crippen LogP contribution in [0, 0.1) is 0 Å². The SMILES string of the molecule is O=C(O)[C@@H](Cn1cccn1)N[C@](Cn1cccn1)(NS(=O)(=O)Cc1ccc2sccc2c1)C(=O)O. The zero-order valence-corrected chi connectivity index (χ0v) is 19.8. The van der Waals surface area contributed by atoms with Crippen molar-refractivity contribution >= 4 is 43.4 Å². The average molecular weight is 519 g/mol. The Morgan fingerprint density at radius 3 is 2.43 bits per heavy atom. The van der Waals surface area contributed by atoms with Gasteiger partial charge in [0, 0.05) is 29.5 Å². The molecule has 0 spiro atoms. The lowest BCUT2D eigenvalue weighted by Crippen LogP contribution is -2.70. The number of hydrogen-bond donors (Lipinski definition) is 4. The summed E-state index contributed by atoms with van der Waals surface area (Å²) in [5.41, 5.74) is -1.97. The highest BCUT2D eigenvalue weighted by Crippen LogP contribution is 2.23. The maximum absolute atomic E-state index is 13.2. The first-order chi connectivity index (χ1) is 16.7. The minimum atomic E-state index is -4.27. The fraction of sp³-hybridized carbons (Fsp3) is 0.238. The van der Waals surface area contributed by atoms with Crippen molar-refractivity contribution in [2.45, 2.75) is 30.5 Å². The summed E-state index contributed by atoms with van der Waals surface area (Å²) in [6.07, 6.45) is 5.80. The number of carboxylic acids is 2. The molecule has 0 bridgehead atoms. The number of aromatic nitrogens is 4. The molecule has 184 valence electrons. The minimum absolute atomic E-state index is 0.243. The summed E-state index contributed by atoms with van der Waals surface area (Å²) in [5, 5.41) is 33.1. The van der Waals surface area contributed by atoms with E-state index in [1.54, 1.807) is 24.3 Å². The van der Waals surface area contributed by atoms with E-state index in [0.29, 0.717) is 5.56 Å². The molecule has 0 aliphatic rings. The largest absolute Gasteiger partial charge is 0.480 e. The number of nitrogens with one attached hydrogen (secondary N) is 2. The molecule has 3 aromatic heterocycles. The van der Waals surface area contributed by atoms with E-state index in [-0.39, 0.29) is 6.54 Å². The third-order valence-corrected chi connectivity index (χ3v) is 7.44. The molecule has 3 heterocycles. The van der Waals surface area contributed by atoms with E-state index >= 15 is 0 Å². The molecule has 35 heavy (non-hydrogen) atoms. The van der Waals surface area contributed by atoms with Gasteiger partial charge in [-0.1, -0.05) is 6.07 Å². The van der Waals surface area contributed by atoms with Gasteiger partial charge >= 0.3 is 11.9 Å². The molecule has 0 saturated heterocycles. The smallest absolute Gasteiger partial charge is 0.341 e. The molecule has 2 atom stereocenters. The molecule has 0 aliphatic carbocycles. The van der Waals surface area contributed by atoms with Crippen LogP contribution in [-0.2, 0) is 38.5 Å². The third kappa shape index (κ3) is 5.92. The van der Waals surface area contributed by atoms with Crippen molar-refractivity contribution in [3.8, 4) is 0 Å². The number of benzene rings is 1. The molecule has 4 N–H and O–H groups in total. The average Bonchev–Trinajstić information content (AvgIpc) is 3.55. The maximum atomic E-state index is 13.2. The van der Waals surface area contributed by atoms with E-state index in [1.165, 1.54) is 51.6 Å². The number of fused-ring (bicyclic) bond motifs is 1. The number of thiophene rings is 1. The Labute approximate surface area is 203 Å². The Bertz CT molecular complexity index is 1420. The summed E-state index contributed by atoms with van der Waals surface area (Å²) in [5.74, 6) is -3.50. The van der Waals surface area contributed by atoms with Gasteiger partial charge in [0.1, 0.15) is 6.04 Å². The molecule has 0 saturated carbocycles. The van der Waals surface area contributed by atoms with Crippen molar-refractivity contribution in [2.24, 2.45) is 0 Å². The minimum Gasteiger partial charge on any atom is -0.480 e. The molecule has 12 nitrogen and oxygen atoms in total. The van der Waals surface area contributed by atoms with Crippen molar-refractivity contribution in [1.29, 1.82) is 0 Å². The molecule has 0 unspecified atom stereocenters. The summed E-state index contributed by atoms with van der Waals surface area (Å²) in [6, 6.07) is 8.64. The molecular weight excluding hydrogens is 496 g/mol. The van der Waals surface area contributed by atoms with Gasteiger partial charge in [-0.25, -0.2) is 13.2 Å². The van der Waals surface area contributed by atoms with Gasteiger partial charge in [-0.15, -0.1) is 11.3 Å². The fourth-order valence-electron chi connectivity index (χ4n) is 3.62.